The molecule has 0 aromatic heterocycles. The molecule has 486 valence electrons. The zero-order valence-electron chi connectivity index (χ0n) is 49.5. The summed E-state index contributed by atoms with van der Waals surface area (Å²) in [6, 6.07) is 0. The zero-order valence-corrected chi connectivity index (χ0v) is 49.5. The minimum absolute atomic E-state index is 0.00387. The van der Waals surface area contributed by atoms with Crippen LogP contribution in [-0.4, -0.2) is 274 Å². The van der Waals surface area contributed by atoms with Crippen LogP contribution < -0.4 is 0 Å². The lowest BCUT2D eigenvalue weighted by Crippen LogP contribution is -2.68. The van der Waals surface area contributed by atoms with Gasteiger partial charge >= 0.3 is 0 Å². The van der Waals surface area contributed by atoms with Crippen LogP contribution in [0.4, 0.5) is 0 Å². The van der Waals surface area contributed by atoms with Gasteiger partial charge in [-0.3, -0.25) is 0 Å². The van der Waals surface area contributed by atoms with Crippen molar-refractivity contribution in [2.45, 2.75) is 272 Å². The van der Waals surface area contributed by atoms with Gasteiger partial charge in [0.15, 0.2) is 31.5 Å². The third-order valence-corrected chi connectivity index (χ3v) is 22.2. The largest absolute Gasteiger partial charge is 0.394 e. The molecule has 5 saturated heterocycles. The van der Waals surface area contributed by atoms with Gasteiger partial charge in [-0.15, -0.1) is 0 Å². The summed E-state index contributed by atoms with van der Waals surface area (Å²) in [6.07, 6.45) is -30.9. The number of allylic oxidation sites excluding steroid dienone is 2. The van der Waals surface area contributed by atoms with Gasteiger partial charge in [-0.25, -0.2) is 0 Å². The number of aliphatic hydroxyl groups is 16. The van der Waals surface area contributed by atoms with Crippen molar-refractivity contribution in [3.8, 4) is 0 Å². The van der Waals surface area contributed by atoms with Gasteiger partial charge in [0.2, 0.25) is 0 Å². The van der Waals surface area contributed by atoms with Gasteiger partial charge in [-0.2, -0.15) is 0 Å². The molecule has 4 saturated carbocycles. The van der Waals surface area contributed by atoms with Crippen molar-refractivity contribution in [3.05, 3.63) is 11.6 Å². The first kappa shape index (κ1) is 67.1. The van der Waals surface area contributed by atoms with E-state index in [1.807, 2.05) is 20.8 Å². The van der Waals surface area contributed by atoms with Gasteiger partial charge in [-0.05, 0) is 124 Å². The van der Waals surface area contributed by atoms with Gasteiger partial charge in [-0.1, -0.05) is 46.3 Å². The summed E-state index contributed by atoms with van der Waals surface area (Å²) in [5, 5.41) is 175. The average molecular weight is 1210 g/mol. The monoisotopic (exact) mass is 1210 g/mol. The van der Waals surface area contributed by atoms with Crippen LogP contribution in [0.5, 0.6) is 0 Å². The minimum atomic E-state index is -1.88. The second-order valence-corrected chi connectivity index (χ2v) is 27.7. The second-order valence-electron chi connectivity index (χ2n) is 27.7. The molecule has 9 fully saturated rings. The van der Waals surface area contributed by atoms with Gasteiger partial charge in [0, 0.05) is 0 Å². The first-order chi connectivity index (χ1) is 39.4. The molecule has 4 aliphatic carbocycles. The number of hydrogen-bond donors (Lipinski definition) is 16. The van der Waals surface area contributed by atoms with E-state index in [9.17, 15) is 81.7 Å². The average Bonchev–Trinajstić information content (AvgIpc) is 1.22. The molecule has 0 spiro atoms. The van der Waals surface area contributed by atoms with Crippen molar-refractivity contribution in [3.63, 3.8) is 0 Å². The molecule has 5 aliphatic heterocycles. The fourth-order valence-electron chi connectivity index (χ4n) is 17.2. The maximum atomic E-state index is 12.9. The lowest BCUT2D eigenvalue weighted by Gasteiger charge is -2.71. The molecule has 0 unspecified atom stereocenters. The van der Waals surface area contributed by atoms with Gasteiger partial charge in [0.05, 0.1) is 50.8 Å². The highest BCUT2D eigenvalue weighted by molar-refractivity contribution is 5.21. The third kappa shape index (κ3) is 12.0. The summed E-state index contributed by atoms with van der Waals surface area (Å²) < 4.78 is 60.9. The molecule has 0 bridgehead atoms. The summed E-state index contributed by atoms with van der Waals surface area (Å²) >= 11 is 0. The van der Waals surface area contributed by atoms with Crippen molar-refractivity contribution in [2.75, 3.05) is 33.0 Å². The molecule has 26 nitrogen and oxygen atoms in total. The van der Waals surface area contributed by atoms with Crippen LogP contribution in [0.15, 0.2) is 11.6 Å². The van der Waals surface area contributed by atoms with Crippen LogP contribution in [0.1, 0.15) is 113 Å². The number of rotatable bonds is 17. The highest BCUT2D eigenvalue weighted by Crippen LogP contribution is 2.76. The maximum Gasteiger partial charge on any atom is 0.187 e. The van der Waals surface area contributed by atoms with Crippen LogP contribution in [0.2, 0.25) is 0 Å². The molecule has 0 aromatic rings. The first-order valence-corrected chi connectivity index (χ1v) is 30.2. The normalized spacial score (nSPS) is 53.0. The predicted octanol–water partition coefficient (Wildman–Crippen LogP) is -3.10. The summed E-state index contributed by atoms with van der Waals surface area (Å²) in [7, 11) is 0. The fraction of sp³-hybridized carbons (Fsp3) is 0.966. The van der Waals surface area contributed by atoms with Crippen LogP contribution in [0.3, 0.4) is 0 Å². The van der Waals surface area contributed by atoms with Crippen molar-refractivity contribution < 1.29 is 129 Å². The van der Waals surface area contributed by atoms with E-state index in [1.165, 1.54) is 0 Å². The molecular formula is C58H98O26. The number of hydrogen-bond acceptors (Lipinski definition) is 26. The summed E-state index contributed by atoms with van der Waals surface area (Å²) in [5.41, 5.74) is -1.75. The Morgan fingerprint density at radius 1 is 0.524 bits per heavy atom. The molecule has 0 amide bonds. The van der Waals surface area contributed by atoms with Crippen LogP contribution in [0.25, 0.3) is 0 Å². The van der Waals surface area contributed by atoms with E-state index in [2.05, 4.69) is 40.7 Å². The Bertz CT molecular complexity index is 2210. The van der Waals surface area contributed by atoms with Crippen molar-refractivity contribution >= 4 is 0 Å². The molecular weight excluding hydrogens is 1110 g/mol. The van der Waals surface area contributed by atoms with Gasteiger partial charge < -0.3 is 129 Å². The molecule has 26 heteroatoms. The third-order valence-electron chi connectivity index (χ3n) is 22.2. The van der Waals surface area contributed by atoms with E-state index in [-0.39, 0.29) is 41.1 Å². The van der Waals surface area contributed by atoms with Crippen molar-refractivity contribution in [1.82, 2.24) is 0 Å². The van der Waals surface area contributed by atoms with E-state index in [0.717, 1.165) is 24.8 Å². The summed E-state index contributed by atoms with van der Waals surface area (Å²) in [5.74, 6) is -0.576. The smallest absolute Gasteiger partial charge is 0.187 e. The van der Waals surface area contributed by atoms with E-state index in [4.69, 9.17) is 47.4 Å². The maximum absolute atomic E-state index is 12.9. The Morgan fingerprint density at radius 2 is 1.04 bits per heavy atom. The molecule has 9 rings (SSSR count). The molecule has 0 radical (unpaired) electrons. The molecule has 16 N–H and O–H groups in total. The highest BCUT2D eigenvalue weighted by atomic mass is 16.8. The number of fused-ring (bicyclic) bond motifs is 5. The molecule has 9 aliphatic rings. The van der Waals surface area contributed by atoms with E-state index < -0.39 is 196 Å². The molecule has 33 atom stereocenters. The predicted molar refractivity (Wildman–Crippen MR) is 287 cm³/mol. The Kier molecular flexibility index (Phi) is 20.6. The SMILES string of the molecule is CC(C)=CCC[C@@](C)(O[C@@H]1O[C@H](CO[C@@H]2OC[C@H](O)[C@H](O)[C@@H]2O)[C@@H](O)[C@H](O)[C@H]1O)[C@@H]1CC[C@]2(C)[C@H]1[C@H](O)C[C@@H]1[C@@]3(C)CC[C@H](O[C@H]4O[C@H](CO)[C@H](O)[C@@H](O)[C@H]4O[C@@H]4O[C@H](CO)[C@@H](O)[C@H](O)[C@H]4O[C@@H]4OC[C@H](O)[C@@H](O)[C@H]4O)C(C)(C)[C@H]3CC[C@]12C. The fourth-order valence-corrected chi connectivity index (χ4v) is 17.2. The summed E-state index contributed by atoms with van der Waals surface area (Å²) in [4.78, 5) is 0. The first-order valence-electron chi connectivity index (χ1n) is 30.2. The van der Waals surface area contributed by atoms with Crippen LogP contribution >= 0.6 is 0 Å². The molecule has 5 heterocycles. The Morgan fingerprint density at radius 3 is 1.62 bits per heavy atom. The van der Waals surface area contributed by atoms with Crippen LogP contribution in [-0.2, 0) is 47.4 Å². The zero-order chi connectivity index (χ0) is 61.5. The lowest BCUT2D eigenvalue weighted by atomic mass is 9.35. The van der Waals surface area contributed by atoms with E-state index in [1.54, 1.807) is 0 Å². The quantitative estimate of drug-likeness (QED) is 0.0507. The van der Waals surface area contributed by atoms with E-state index >= 15 is 0 Å². The Balaban J connectivity index is 0.934. The van der Waals surface area contributed by atoms with Gasteiger partial charge in [0.25, 0.3) is 0 Å². The van der Waals surface area contributed by atoms with Gasteiger partial charge in [0.1, 0.15) is 110 Å². The molecule has 0 aromatic carbocycles. The Hall–Kier alpha value is -1.30. The van der Waals surface area contributed by atoms with E-state index in [0.29, 0.717) is 38.5 Å². The number of aliphatic hydroxyl groups excluding tert-OH is 16. The minimum Gasteiger partial charge on any atom is -0.394 e. The highest BCUT2D eigenvalue weighted by Gasteiger charge is 2.72. The lowest BCUT2D eigenvalue weighted by molar-refractivity contribution is -0.395. The second kappa shape index (κ2) is 25.8. The van der Waals surface area contributed by atoms with Crippen LogP contribution in [0, 0.1) is 45.3 Å². The standard InChI is InChI=1S/C58H98O26/c1-24(2)10-9-14-58(8,84-51-46(74)41(69)40(68)31(80-51)23-77-49-44(72)36(64)27(62)21-75-49)25-11-16-57(7)35(25)26(61)18-33-55(5)15-13-34(54(3,4)32(55)12-17-56(33,57)6)81-52-47(42(70)38(66)29(19-59)78-52)83-53-48(43(71)39(67)30(20-60)79-53)82-50-45(73)37(65)28(63)22-76-50/h10,25-53,59-74H,9,11-23H2,1-8H3/t25-,26-,27+,28+,29-,30-,31-,32-,33-,34+,35-,36+,37-,38+,39-,40-,41+,42-,43+,44+,45-,46-,47-,48-,49+,50+,51+,52-,53+,55+,56-,57-,58-/m1/s1. The topological polar surface area (TPSA) is 416 Å². The number of ether oxygens (including phenoxy) is 10. The Labute approximate surface area is 490 Å². The van der Waals surface area contributed by atoms with Crippen molar-refractivity contribution in [1.29, 1.82) is 0 Å². The summed E-state index contributed by atoms with van der Waals surface area (Å²) in [6.45, 7) is 14.3. The van der Waals surface area contributed by atoms with Crippen molar-refractivity contribution in [2.24, 2.45) is 45.3 Å². The molecule has 84 heavy (non-hydrogen) atoms.